The molecule has 1 saturated heterocycles. The minimum Gasteiger partial charge on any atom is -0.444 e. The highest BCUT2D eigenvalue weighted by Crippen LogP contribution is 2.23. The second-order valence-corrected chi connectivity index (χ2v) is 8.87. The Balaban J connectivity index is 1.58. The molecule has 3 heterocycles. The van der Waals surface area contributed by atoms with Gasteiger partial charge < -0.3 is 20.3 Å². The Morgan fingerprint density at radius 3 is 2.62 bits per heavy atom. The molecule has 0 aliphatic carbocycles. The quantitative estimate of drug-likeness (QED) is 0.777. The molecule has 0 radical (unpaired) electrons. The molecule has 1 fully saturated rings. The van der Waals surface area contributed by atoms with E-state index in [0.717, 1.165) is 12.8 Å². The Morgan fingerprint density at radius 2 is 2.00 bits per heavy atom. The fourth-order valence-corrected chi connectivity index (χ4v) is 3.56. The largest absolute Gasteiger partial charge is 0.444 e. The molecule has 29 heavy (non-hydrogen) atoms. The molecule has 2 N–H and O–H groups in total. The summed E-state index contributed by atoms with van der Waals surface area (Å²) in [6.45, 7) is 8.71. The van der Waals surface area contributed by atoms with Gasteiger partial charge >= 0.3 is 6.09 Å². The first-order valence-electron chi connectivity index (χ1n) is 9.45. The molecule has 0 spiro atoms. The molecule has 1 aliphatic rings. The van der Waals surface area contributed by atoms with Gasteiger partial charge in [0.15, 0.2) is 5.13 Å². The topological polar surface area (TPSA) is 116 Å². The van der Waals surface area contributed by atoms with E-state index in [-0.39, 0.29) is 12.1 Å². The summed E-state index contributed by atoms with van der Waals surface area (Å²) in [5.41, 5.74) is -0.487. The second-order valence-electron chi connectivity index (χ2n) is 7.84. The van der Waals surface area contributed by atoms with Crippen LogP contribution in [0.5, 0.6) is 0 Å². The number of rotatable bonds is 4. The van der Waals surface area contributed by atoms with Crippen molar-refractivity contribution in [3.8, 4) is 6.07 Å². The molecule has 3 rings (SSSR count). The zero-order valence-corrected chi connectivity index (χ0v) is 17.8. The van der Waals surface area contributed by atoms with E-state index in [0.29, 0.717) is 40.6 Å². The predicted octanol–water partition coefficient (Wildman–Crippen LogP) is 3.67. The first kappa shape index (κ1) is 20.8. The smallest absolute Gasteiger partial charge is 0.410 e. The van der Waals surface area contributed by atoms with Crippen molar-refractivity contribution in [2.24, 2.45) is 0 Å². The van der Waals surface area contributed by atoms with Gasteiger partial charge in [-0.15, -0.1) is 0 Å². The highest BCUT2D eigenvalue weighted by Gasteiger charge is 2.27. The van der Waals surface area contributed by atoms with E-state index in [9.17, 15) is 4.79 Å². The van der Waals surface area contributed by atoms with Gasteiger partial charge in [-0.3, -0.25) is 0 Å². The summed E-state index contributed by atoms with van der Waals surface area (Å²) in [4.78, 5) is 27.5. The van der Waals surface area contributed by atoms with Crippen LogP contribution in [0, 0.1) is 18.3 Å². The number of likely N-dealkylation sites (tertiary alicyclic amines) is 1. The SMILES string of the molecule is Cc1nc(Nc2ncc(C#N)s2)cc(NC2CCN(C(=O)OC(C)(C)C)CC2)n1. The van der Waals surface area contributed by atoms with E-state index >= 15 is 0 Å². The summed E-state index contributed by atoms with van der Waals surface area (Å²) in [5.74, 6) is 1.96. The molecule has 2 aromatic heterocycles. The number of carbonyl (C=O) groups is 1. The van der Waals surface area contributed by atoms with Crippen LogP contribution in [0.1, 0.15) is 44.3 Å². The van der Waals surface area contributed by atoms with Crippen LogP contribution in [0.2, 0.25) is 0 Å². The Kier molecular flexibility index (Phi) is 6.17. The lowest BCUT2D eigenvalue weighted by Crippen LogP contribution is -2.44. The first-order valence-corrected chi connectivity index (χ1v) is 10.3. The molecule has 0 saturated carbocycles. The Bertz CT molecular complexity index is 908. The van der Waals surface area contributed by atoms with Gasteiger partial charge in [0, 0.05) is 25.2 Å². The summed E-state index contributed by atoms with van der Waals surface area (Å²) in [6, 6.07) is 4.10. The number of nitriles is 1. The molecular formula is C19H25N7O2S. The molecule has 0 aromatic carbocycles. The van der Waals surface area contributed by atoms with Crippen molar-refractivity contribution in [3.05, 3.63) is 23.0 Å². The van der Waals surface area contributed by atoms with Crippen LogP contribution >= 0.6 is 11.3 Å². The van der Waals surface area contributed by atoms with E-state index < -0.39 is 5.60 Å². The minimum atomic E-state index is -0.487. The molecule has 1 aliphatic heterocycles. The van der Waals surface area contributed by atoms with E-state index in [1.807, 2.05) is 33.8 Å². The van der Waals surface area contributed by atoms with Crippen molar-refractivity contribution in [1.82, 2.24) is 19.9 Å². The lowest BCUT2D eigenvalue weighted by atomic mass is 10.1. The minimum absolute atomic E-state index is 0.209. The summed E-state index contributed by atoms with van der Waals surface area (Å²) in [7, 11) is 0. The number of aryl methyl sites for hydroxylation is 1. The molecule has 10 heteroatoms. The predicted molar refractivity (Wildman–Crippen MR) is 111 cm³/mol. The normalized spacial score (nSPS) is 14.9. The van der Waals surface area contributed by atoms with Gasteiger partial charge in [-0.2, -0.15) is 5.26 Å². The number of piperidine rings is 1. The zero-order chi connectivity index (χ0) is 21.0. The Hall–Kier alpha value is -2.93. The standard InChI is InChI=1S/C19H25N7O2S/c1-12-22-15(9-16(23-12)25-17-21-11-14(10-20)29-17)24-13-5-7-26(8-6-13)18(27)28-19(2,3)4/h9,11,13H,5-8H2,1-4H3,(H2,21,22,23,24,25). The second kappa shape index (κ2) is 8.61. The van der Waals surface area contributed by atoms with E-state index in [4.69, 9.17) is 10.00 Å². The number of aromatic nitrogens is 3. The van der Waals surface area contributed by atoms with E-state index in [1.165, 1.54) is 17.5 Å². The van der Waals surface area contributed by atoms with Crippen molar-refractivity contribution in [2.45, 2.75) is 52.2 Å². The first-order chi connectivity index (χ1) is 13.7. The Labute approximate surface area is 174 Å². The van der Waals surface area contributed by atoms with Crippen molar-refractivity contribution in [2.75, 3.05) is 23.7 Å². The number of hydrogen-bond acceptors (Lipinski definition) is 9. The molecule has 2 aromatic rings. The molecule has 154 valence electrons. The molecule has 9 nitrogen and oxygen atoms in total. The van der Waals surface area contributed by atoms with Crippen LogP contribution < -0.4 is 10.6 Å². The fourth-order valence-electron chi connectivity index (χ4n) is 2.94. The van der Waals surface area contributed by atoms with Crippen LogP contribution in [0.3, 0.4) is 0 Å². The molecule has 1 amide bonds. The van der Waals surface area contributed by atoms with E-state index in [1.54, 1.807) is 4.90 Å². The maximum absolute atomic E-state index is 12.2. The third-order valence-corrected chi connectivity index (χ3v) is 5.00. The van der Waals surface area contributed by atoms with Crippen LogP contribution in [-0.4, -0.2) is 50.7 Å². The number of hydrogen-bond donors (Lipinski definition) is 2. The summed E-state index contributed by atoms with van der Waals surface area (Å²) in [6.07, 6.45) is 2.88. The number of thiazole rings is 1. The maximum Gasteiger partial charge on any atom is 0.410 e. The molecule has 0 bridgehead atoms. The van der Waals surface area contributed by atoms with Gasteiger partial charge in [-0.05, 0) is 40.5 Å². The van der Waals surface area contributed by atoms with Crippen molar-refractivity contribution >= 4 is 34.2 Å². The fraction of sp³-hybridized carbons (Fsp3) is 0.526. The summed E-state index contributed by atoms with van der Waals surface area (Å²) < 4.78 is 5.44. The van der Waals surface area contributed by atoms with Gasteiger partial charge in [0.2, 0.25) is 0 Å². The number of ether oxygens (including phenoxy) is 1. The van der Waals surface area contributed by atoms with Crippen molar-refractivity contribution in [3.63, 3.8) is 0 Å². The summed E-state index contributed by atoms with van der Waals surface area (Å²) >= 11 is 1.27. The number of nitrogens with one attached hydrogen (secondary N) is 2. The average molecular weight is 416 g/mol. The average Bonchev–Trinajstić information content (AvgIpc) is 3.08. The Morgan fingerprint density at radius 1 is 1.31 bits per heavy atom. The number of amides is 1. The zero-order valence-electron chi connectivity index (χ0n) is 17.0. The highest BCUT2D eigenvalue weighted by atomic mass is 32.1. The van der Waals surface area contributed by atoms with Gasteiger partial charge in [-0.25, -0.2) is 19.7 Å². The van der Waals surface area contributed by atoms with E-state index in [2.05, 4.69) is 31.7 Å². The maximum atomic E-state index is 12.2. The monoisotopic (exact) mass is 415 g/mol. The van der Waals surface area contributed by atoms with Gasteiger partial charge in [0.1, 0.15) is 34.0 Å². The lowest BCUT2D eigenvalue weighted by molar-refractivity contribution is 0.0210. The third kappa shape index (κ3) is 6.02. The lowest BCUT2D eigenvalue weighted by Gasteiger charge is -2.33. The molecule has 0 atom stereocenters. The van der Waals surface area contributed by atoms with Gasteiger partial charge in [0.25, 0.3) is 0 Å². The van der Waals surface area contributed by atoms with Crippen molar-refractivity contribution < 1.29 is 9.53 Å². The molecule has 0 unspecified atom stereocenters. The summed E-state index contributed by atoms with van der Waals surface area (Å²) in [5, 5.41) is 16.1. The van der Waals surface area contributed by atoms with Gasteiger partial charge in [-0.1, -0.05) is 11.3 Å². The van der Waals surface area contributed by atoms with Gasteiger partial charge in [0.05, 0.1) is 6.20 Å². The number of carbonyl (C=O) groups excluding carboxylic acids is 1. The molecular weight excluding hydrogens is 390 g/mol. The van der Waals surface area contributed by atoms with Crippen LogP contribution in [0.25, 0.3) is 0 Å². The van der Waals surface area contributed by atoms with Crippen LogP contribution in [-0.2, 0) is 4.74 Å². The number of anilines is 3. The van der Waals surface area contributed by atoms with Crippen LogP contribution in [0.4, 0.5) is 21.6 Å². The van der Waals surface area contributed by atoms with Crippen molar-refractivity contribution in [1.29, 1.82) is 5.26 Å². The van der Waals surface area contributed by atoms with Crippen LogP contribution in [0.15, 0.2) is 12.3 Å². The highest BCUT2D eigenvalue weighted by molar-refractivity contribution is 7.16. The third-order valence-electron chi connectivity index (χ3n) is 4.19. The number of nitrogens with zero attached hydrogens (tertiary/aromatic N) is 5.